The first-order chi connectivity index (χ1) is 18.5. The van der Waals surface area contributed by atoms with Crippen LogP contribution in [0.4, 0.5) is 10.2 Å². The predicted molar refractivity (Wildman–Crippen MR) is 143 cm³/mol. The van der Waals surface area contributed by atoms with Crippen molar-refractivity contribution in [3.63, 3.8) is 0 Å². The summed E-state index contributed by atoms with van der Waals surface area (Å²) < 4.78 is 19.7. The lowest BCUT2D eigenvalue weighted by atomic mass is 10.0. The van der Waals surface area contributed by atoms with Gasteiger partial charge in [0.15, 0.2) is 0 Å². The van der Waals surface area contributed by atoms with Gasteiger partial charge in [-0.25, -0.2) is 14.2 Å². The molecule has 2 N–H and O–H groups in total. The van der Waals surface area contributed by atoms with Crippen LogP contribution in [0.25, 0.3) is 21.7 Å². The number of nitriles is 1. The smallest absolute Gasteiger partial charge is 0.335 e. The topological polar surface area (TPSA) is 111 Å². The van der Waals surface area contributed by atoms with E-state index in [1.165, 1.54) is 12.1 Å². The third-order valence-corrected chi connectivity index (χ3v) is 6.70. The van der Waals surface area contributed by atoms with E-state index in [1.807, 2.05) is 12.1 Å². The highest BCUT2D eigenvalue weighted by Gasteiger charge is 2.30. The Morgan fingerprint density at radius 1 is 1.13 bits per heavy atom. The van der Waals surface area contributed by atoms with Crippen LogP contribution in [0.15, 0.2) is 54.9 Å². The number of benzene rings is 2. The molecule has 0 amide bonds. The van der Waals surface area contributed by atoms with Gasteiger partial charge in [-0.1, -0.05) is 12.1 Å². The van der Waals surface area contributed by atoms with Crippen molar-refractivity contribution in [3.05, 3.63) is 77.4 Å². The monoisotopic (exact) mass is 513 g/mol. The minimum Gasteiger partial charge on any atom is -0.478 e. The Labute approximate surface area is 219 Å². The summed E-state index contributed by atoms with van der Waals surface area (Å²) in [6.07, 6.45) is 5.71. The summed E-state index contributed by atoms with van der Waals surface area (Å²) in [6.45, 7) is 3.45. The maximum absolute atomic E-state index is 13.7. The zero-order valence-corrected chi connectivity index (χ0v) is 20.9. The van der Waals surface area contributed by atoms with Crippen molar-refractivity contribution in [2.75, 3.05) is 31.1 Å². The Hall–Kier alpha value is -4.13. The van der Waals surface area contributed by atoms with E-state index in [9.17, 15) is 14.3 Å². The molecule has 0 spiro atoms. The number of carboxylic acid groups (broad SMARTS) is 1. The van der Waals surface area contributed by atoms with Crippen LogP contribution in [0.3, 0.4) is 0 Å². The van der Waals surface area contributed by atoms with Gasteiger partial charge in [0.05, 0.1) is 29.7 Å². The Kier molecular flexibility index (Phi) is 7.73. The number of ether oxygens (including phenoxy) is 1. The first-order valence-electron chi connectivity index (χ1n) is 12.6. The van der Waals surface area contributed by atoms with Crippen LogP contribution >= 0.6 is 0 Å². The number of pyridine rings is 2. The molecule has 2 aromatic heterocycles. The quantitative estimate of drug-likeness (QED) is 0.223. The van der Waals surface area contributed by atoms with Gasteiger partial charge in [0.2, 0.25) is 0 Å². The fourth-order valence-electron chi connectivity index (χ4n) is 4.77. The van der Waals surface area contributed by atoms with Crippen LogP contribution in [0, 0.1) is 17.1 Å². The highest BCUT2D eigenvalue weighted by atomic mass is 19.1. The number of carbonyl (C=O) groups is 1. The summed E-state index contributed by atoms with van der Waals surface area (Å²) >= 11 is 0. The zero-order chi connectivity index (χ0) is 26.5. The van der Waals surface area contributed by atoms with Gasteiger partial charge in [-0.3, -0.25) is 4.98 Å². The molecule has 0 saturated carbocycles. The minimum absolute atomic E-state index is 0.119. The number of fused-ring (bicyclic) bond motifs is 3. The number of aromatic nitrogens is 2. The van der Waals surface area contributed by atoms with Crippen molar-refractivity contribution in [2.45, 2.75) is 31.9 Å². The molecule has 1 saturated heterocycles. The summed E-state index contributed by atoms with van der Waals surface area (Å²) in [5.41, 5.74) is 2.38. The number of nitrogens with zero attached hydrogens (tertiary/aromatic N) is 4. The van der Waals surface area contributed by atoms with Crippen molar-refractivity contribution >= 4 is 33.5 Å². The van der Waals surface area contributed by atoms with E-state index < -0.39 is 5.97 Å². The molecule has 1 aliphatic heterocycles. The third-order valence-electron chi connectivity index (χ3n) is 6.70. The molecular formula is C29H28FN5O3. The van der Waals surface area contributed by atoms with Gasteiger partial charge in [-0.2, -0.15) is 5.26 Å². The van der Waals surface area contributed by atoms with Crippen LogP contribution in [0.2, 0.25) is 0 Å². The van der Waals surface area contributed by atoms with E-state index in [4.69, 9.17) is 15.0 Å². The number of nitrogens with one attached hydrogen (secondary N) is 1. The number of carboxylic acids is 1. The van der Waals surface area contributed by atoms with Crippen molar-refractivity contribution in [3.8, 4) is 6.07 Å². The normalized spacial score (nSPS) is 13.5. The maximum Gasteiger partial charge on any atom is 0.335 e. The molecule has 4 aromatic rings. The molecule has 0 bridgehead atoms. The Balaban J connectivity index is 1.09. The number of rotatable bonds is 11. The zero-order valence-electron chi connectivity index (χ0n) is 20.9. The Bertz CT molecular complexity index is 1510. The van der Waals surface area contributed by atoms with Gasteiger partial charge >= 0.3 is 5.97 Å². The summed E-state index contributed by atoms with van der Waals surface area (Å²) in [5.74, 6) is -0.476. The van der Waals surface area contributed by atoms with Gasteiger partial charge in [0.1, 0.15) is 11.6 Å². The molecule has 5 rings (SSSR count). The standard InChI is InChI=1S/C29H28FN5O3/c30-22-12-19(5-7-31)11-20(13-22)15-32-8-1-2-10-38-23-17-35(18-23)28-25-6-9-33-16-26(25)24-4-3-21(29(36)37)14-27(24)34-28/h3-4,6,9,11-14,16,23,32H,1-2,5,8,10,15,17-18H2,(H,36,37). The van der Waals surface area contributed by atoms with Gasteiger partial charge in [0.25, 0.3) is 0 Å². The molecule has 0 atom stereocenters. The molecule has 1 aliphatic rings. The van der Waals surface area contributed by atoms with Crippen molar-refractivity contribution < 1.29 is 19.0 Å². The van der Waals surface area contributed by atoms with E-state index in [0.29, 0.717) is 24.2 Å². The highest BCUT2D eigenvalue weighted by molar-refractivity contribution is 6.11. The average Bonchev–Trinajstić information content (AvgIpc) is 2.88. The second-order valence-corrected chi connectivity index (χ2v) is 9.48. The number of aromatic carboxylic acids is 1. The van der Waals surface area contributed by atoms with Crippen molar-refractivity contribution in [1.82, 2.24) is 15.3 Å². The molecule has 0 radical (unpaired) electrons. The van der Waals surface area contributed by atoms with Crippen LogP contribution in [0.1, 0.15) is 34.3 Å². The molecule has 9 heteroatoms. The lowest BCUT2D eigenvalue weighted by Gasteiger charge is -2.40. The number of hydrogen-bond donors (Lipinski definition) is 2. The fourth-order valence-corrected chi connectivity index (χ4v) is 4.77. The van der Waals surface area contributed by atoms with Gasteiger partial charge < -0.3 is 20.1 Å². The van der Waals surface area contributed by atoms with Crippen molar-refractivity contribution in [1.29, 1.82) is 5.26 Å². The van der Waals surface area contributed by atoms with E-state index in [1.54, 1.807) is 30.6 Å². The number of hydrogen-bond acceptors (Lipinski definition) is 7. The second kappa shape index (κ2) is 11.5. The van der Waals surface area contributed by atoms with Crippen LogP contribution in [-0.4, -0.2) is 53.4 Å². The first-order valence-corrected chi connectivity index (χ1v) is 12.6. The summed E-state index contributed by atoms with van der Waals surface area (Å²) in [6, 6.07) is 13.7. The number of halogens is 1. The highest BCUT2D eigenvalue weighted by Crippen LogP contribution is 2.33. The van der Waals surface area contributed by atoms with Crippen LogP contribution in [0.5, 0.6) is 0 Å². The summed E-state index contributed by atoms with van der Waals surface area (Å²) in [5, 5.41) is 24.3. The molecular weight excluding hydrogens is 485 g/mol. The SMILES string of the molecule is N#CCc1cc(F)cc(CNCCCCOC2CN(c3nc4cc(C(=O)O)ccc4c4cnccc34)C2)c1. The average molecular weight is 514 g/mol. The Morgan fingerprint density at radius 3 is 2.79 bits per heavy atom. The number of anilines is 1. The third kappa shape index (κ3) is 5.72. The molecule has 2 aromatic carbocycles. The lowest BCUT2D eigenvalue weighted by Crippen LogP contribution is -2.52. The van der Waals surface area contributed by atoms with E-state index in [2.05, 4.69) is 21.3 Å². The minimum atomic E-state index is -0.979. The molecule has 194 valence electrons. The fraction of sp³-hybridized carbons (Fsp3) is 0.310. The predicted octanol–water partition coefficient (Wildman–Crippen LogP) is 4.46. The van der Waals surface area contributed by atoms with Gasteiger partial charge in [0, 0.05) is 54.8 Å². The molecule has 0 aliphatic carbocycles. The Morgan fingerprint density at radius 2 is 1.97 bits per heavy atom. The number of unbranched alkanes of at least 4 members (excludes halogenated alkanes) is 1. The van der Waals surface area contributed by atoms with E-state index in [0.717, 1.165) is 60.0 Å². The summed E-state index contributed by atoms with van der Waals surface area (Å²) in [4.78, 5) is 22.7. The molecule has 0 unspecified atom stereocenters. The first kappa shape index (κ1) is 25.5. The molecule has 3 heterocycles. The van der Waals surface area contributed by atoms with Gasteiger partial charge in [-0.15, -0.1) is 0 Å². The summed E-state index contributed by atoms with van der Waals surface area (Å²) in [7, 11) is 0. The molecule has 8 nitrogen and oxygen atoms in total. The van der Waals surface area contributed by atoms with E-state index >= 15 is 0 Å². The van der Waals surface area contributed by atoms with Crippen molar-refractivity contribution in [2.24, 2.45) is 0 Å². The largest absolute Gasteiger partial charge is 0.478 e. The van der Waals surface area contributed by atoms with Crippen LogP contribution in [-0.2, 0) is 17.7 Å². The van der Waals surface area contributed by atoms with Gasteiger partial charge in [-0.05, 0) is 60.8 Å². The lowest BCUT2D eigenvalue weighted by molar-refractivity contribution is 0.0321. The molecule has 38 heavy (non-hydrogen) atoms. The van der Waals surface area contributed by atoms with E-state index in [-0.39, 0.29) is 23.9 Å². The molecule has 1 fully saturated rings. The maximum atomic E-state index is 13.7. The van der Waals surface area contributed by atoms with Crippen LogP contribution < -0.4 is 10.2 Å². The second-order valence-electron chi connectivity index (χ2n) is 9.48.